The second kappa shape index (κ2) is 5.87. The molecule has 19 heavy (non-hydrogen) atoms. The van der Waals surface area contributed by atoms with Gasteiger partial charge in [-0.1, -0.05) is 31.5 Å². The molecule has 0 saturated heterocycles. The van der Waals surface area contributed by atoms with Crippen molar-refractivity contribution in [2.24, 2.45) is 0 Å². The van der Waals surface area contributed by atoms with Gasteiger partial charge < -0.3 is 9.47 Å². The van der Waals surface area contributed by atoms with Crippen molar-refractivity contribution < 1.29 is 19.1 Å². The topological polar surface area (TPSA) is 52.6 Å². The largest absolute Gasteiger partial charge is 0.466 e. The van der Waals surface area contributed by atoms with Crippen molar-refractivity contribution in [1.29, 1.82) is 0 Å². The lowest BCUT2D eigenvalue weighted by molar-refractivity contribution is -0.145. The average molecular weight is 262 g/mol. The number of benzene rings is 1. The molecule has 0 aliphatic carbocycles. The van der Waals surface area contributed by atoms with Crippen molar-refractivity contribution in [3.63, 3.8) is 0 Å². The second-order valence-corrected chi connectivity index (χ2v) is 4.71. The Kier molecular flexibility index (Phi) is 4.20. The Morgan fingerprint density at radius 2 is 2.21 bits per heavy atom. The van der Waals surface area contributed by atoms with Crippen molar-refractivity contribution in [1.82, 2.24) is 0 Å². The van der Waals surface area contributed by atoms with Crippen molar-refractivity contribution in [3.05, 3.63) is 34.9 Å². The summed E-state index contributed by atoms with van der Waals surface area (Å²) in [4.78, 5) is 23.4. The van der Waals surface area contributed by atoms with E-state index in [-0.39, 0.29) is 18.4 Å². The van der Waals surface area contributed by atoms with E-state index in [2.05, 4.69) is 0 Å². The predicted octanol–water partition coefficient (Wildman–Crippen LogP) is 2.94. The zero-order valence-corrected chi connectivity index (χ0v) is 11.3. The maximum Gasteiger partial charge on any atom is 0.339 e. The zero-order valence-electron chi connectivity index (χ0n) is 11.3. The van der Waals surface area contributed by atoms with Crippen LogP contribution in [0.1, 0.15) is 53.8 Å². The lowest BCUT2D eigenvalue weighted by Gasteiger charge is -2.10. The maximum atomic E-state index is 11.8. The summed E-state index contributed by atoms with van der Waals surface area (Å²) >= 11 is 0. The number of esters is 2. The first-order valence-corrected chi connectivity index (χ1v) is 6.59. The van der Waals surface area contributed by atoms with Gasteiger partial charge >= 0.3 is 11.9 Å². The normalized spacial score (nSPS) is 16.9. The molecule has 102 valence electrons. The number of cyclic esters (lactones) is 1. The molecule has 1 heterocycles. The first-order chi connectivity index (χ1) is 9.13. The highest BCUT2D eigenvalue weighted by Crippen LogP contribution is 2.34. The van der Waals surface area contributed by atoms with Crippen molar-refractivity contribution >= 4 is 11.9 Å². The Morgan fingerprint density at radius 3 is 2.95 bits per heavy atom. The highest BCUT2D eigenvalue weighted by molar-refractivity contribution is 5.96. The standard InChI is InChI=1S/C15H18O4/c1-3-4-8-18-13(16)9-12-11-7-5-6-10(2)14(11)15(17)19-12/h5-7,12H,3-4,8-9H2,1-2H3. The highest BCUT2D eigenvalue weighted by Gasteiger charge is 2.33. The summed E-state index contributed by atoms with van der Waals surface area (Å²) in [6.45, 7) is 4.32. The van der Waals surface area contributed by atoms with Gasteiger partial charge in [-0.05, 0) is 18.9 Å². The summed E-state index contributed by atoms with van der Waals surface area (Å²) < 4.78 is 10.3. The number of fused-ring (bicyclic) bond motifs is 1. The summed E-state index contributed by atoms with van der Waals surface area (Å²) in [6.07, 6.45) is 1.42. The third kappa shape index (κ3) is 2.95. The zero-order chi connectivity index (χ0) is 13.8. The smallest absolute Gasteiger partial charge is 0.339 e. The molecule has 0 amide bonds. The molecule has 4 heteroatoms. The van der Waals surface area contributed by atoms with Gasteiger partial charge in [0.25, 0.3) is 0 Å². The van der Waals surface area contributed by atoms with Crippen LogP contribution in [0.3, 0.4) is 0 Å². The van der Waals surface area contributed by atoms with Crippen LogP contribution in [0.25, 0.3) is 0 Å². The van der Waals surface area contributed by atoms with Gasteiger partial charge in [0, 0.05) is 5.56 Å². The number of aryl methyl sites for hydroxylation is 1. The highest BCUT2D eigenvalue weighted by atomic mass is 16.6. The van der Waals surface area contributed by atoms with E-state index >= 15 is 0 Å². The van der Waals surface area contributed by atoms with Gasteiger partial charge in [-0.2, -0.15) is 0 Å². The summed E-state index contributed by atoms with van der Waals surface area (Å²) in [6, 6.07) is 5.56. The quantitative estimate of drug-likeness (QED) is 0.604. The minimum atomic E-state index is -0.503. The molecule has 1 unspecified atom stereocenters. The van der Waals surface area contributed by atoms with E-state index in [4.69, 9.17) is 9.47 Å². The summed E-state index contributed by atoms with van der Waals surface area (Å²) in [5.74, 6) is -0.667. The fraction of sp³-hybridized carbons (Fsp3) is 0.467. The van der Waals surface area contributed by atoms with Crippen LogP contribution in [-0.4, -0.2) is 18.5 Å². The number of carbonyl (C=O) groups excluding carboxylic acids is 2. The molecule has 1 aromatic rings. The molecule has 0 bridgehead atoms. The minimum absolute atomic E-state index is 0.0892. The summed E-state index contributed by atoms with van der Waals surface area (Å²) in [5, 5.41) is 0. The van der Waals surface area contributed by atoms with E-state index in [9.17, 15) is 9.59 Å². The lowest BCUT2D eigenvalue weighted by atomic mass is 9.99. The van der Waals surface area contributed by atoms with Crippen molar-refractivity contribution in [2.45, 2.75) is 39.2 Å². The van der Waals surface area contributed by atoms with Crippen LogP contribution in [0.15, 0.2) is 18.2 Å². The van der Waals surface area contributed by atoms with Gasteiger partial charge in [0.15, 0.2) is 0 Å². The van der Waals surface area contributed by atoms with E-state index < -0.39 is 6.10 Å². The van der Waals surface area contributed by atoms with Crippen LogP contribution in [-0.2, 0) is 14.3 Å². The van der Waals surface area contributed by atoms with Gasteiger partial charge in [0.05, 0.1) is 18.6 Å². The monoisotopic (exact) mass is 262 g/mol. The molecule has 2 rings (SSSR count). The fourth-order valence-corrected chi connectivity index (χ4v) is 2.18. The van der Waals surface area contributed by atoms with Gasteiger partial charge in [-0.3, -0.25) is 4.79 Å². The number of unbranched alkanes of at least 4 members (excludes halogenated alkanes) is 1. The molecule has 1 atom stereocenters. The van der Waals surface area contributed by atoms with Gasteiger partial charge in [0.2, 0.25) is 0 Å². The average Bonchev–Trinajstić information content (AvgIpc) is 2.68. The summed E-state index contributed by atoms with van der Waals surface area (Å²) in [7, 11) is 0. The molecular formula is C15H18O4. The first kappa shape index (κ1) is 13.6. The molecule has 0 saturated carbocycles. The third-order valence-electron chi connectivity index (χ3n) is 3.22. The number of carbonyl (C=O) groups is 2. The number of hydrogen-bond acceptors (Lipinski definition) is 4. The SMILES string of the molecule is CCCCOC(=O)CC1OC(=O)c2c(C)cccc21. The van der Waals surface area contributed by atoms with Crippen LogP contribution in [0.2, 0.25) is 0 Å². The third-order valence-corrected chi connectivity index (χ3v) is 3.22. The van der Waals surface area contributed by atoms with E-state index in [0.29, 0.717) is 12.2 Å². The number of ether oxygens (including phenoxy) is 2. The Hall–Kier alpha value is -1.84. The van der Waals surface area contributed by atoms with Crippen LogP contribution >= 0.6 is 0 Å². The van der Waals surface area contributed by atoms with Crippen LogP contribution < -0.4 is 0 Å². The van der Waals surface area contributed by atoms with E-state index in [0.717, 1.165) is 24.0 Å². The maximum absolute atomic E-state index is 11.8. The number of hydrogen-bond donors (Lipinski definition) is 0. The van der Waals surface area contributed by atoms with Gasteiger partial charge in [0.1, 0.15) is 6.10 Å². The Morgan fingerprint density at radius 1 is 1.42 bits per heavy atom. The summed E-state index contributed by atoms with van der Waals surface area (Å²) in [5.41, 5.74) is 2.26. The predicted molar refractivity (Wildman–Crippen MR) is 69.8 cm³/mol. The van der Waals surface area contributed by atoms with Crippen LogP contribution in [0, 0.1) is 6.92 Å². The Labute approximate surface area is 112 Å². The minimum Gasteiger partial charge on any atom is -0.466 e. The molecule has 0 N–H and O–H groups in total. The van der Waals surface area contributed by atoms with Crippen molar-refractivity contribution in [2.75, 3.05) is 6.61 Å². The first-order valence-electron chi connectivity index (χ1n) is 6.59. The van der Waals surface area contributed by atoms with Crippen LogP contribution in [0.5, 0.6) is 0 Å². The molecule has 0 aromatic heterocycles. The van der Waals surface area contributed by atoms with Crippen LogP contribution in [0.4, 0.5) is 0 Å². The second-order valence-electron chi connectivity index (χ2n) is 4.71. The molecule has 0 spiro atoms. The van der Waals surface area contributed by atoms with E-state index in [1.165, 1.54) is 0 Å². The molecule has 4 nitrogen and oxygen atoms in total. The van der Waals surface area contributed by atoms with E-state index in [1.54, 1.807) is 0 Å². The molecule has 1 aliphatic heterocycles. The molecule has 0 fully saturated rings. The Bertz CT molecular complexity index is 493. The molecule has 1 aliphatic rings. The molecular weight excluding hydrogens is 244 g/mol. The Balaban J connectivity index is 2.03. The van der Waals surface area contributed by atoms with Gasteiger partial charge in [-0.15, -0.1) is 0 Å². The molecule has 1 aromatic carbocycles. The van der Waals surface area contributed by atoms with Gasteiger partial charge in [-0.25, -0.2) is 4.79 Å². The molecule has 0 radical (unpaired) electrons. The fourth-order valence-electron chi connectivity index (χ4n) is 2.18. The van der Waals surface area contributed by atoms with Crippen molar-refractivity contribution in [3.8, 4) is 0 Å². The van der Waals surface area contributed by atoms with E-state index in [1.807, 2.05) is 32.0 Å². The lowest BCUT2D eigenvalue weighted by Crippen LogP contribution is -2.11. The number of rotatable bonds is 5.